The van der Waals surface area contributed by atoms with E-state index in [1.54, 1.807) is 0 Å². The van der Waals surface area contributed by atoms with Gasteiger partial charge >= 0.3 is 0 Å². The maximum absolute atomic E-state index is 9.05. The summed E-state index contributed by atoms with van der Waals surface area (Å²) in [6.07, 6.45) is 3.98. The molecule has 1 aromatic rings. The molecule has 0 spiro atoms. The van der Waals surface area contributed by atoms with Crippen molar-refractivity contribution in [2.24, 2.45) is 0 Å². The van der Waals surface area contributed by atoms with E-state index in [4.69, 9.17) is 5.11 Å². The van der Waals surface area contributed by atoms with Gasteiger partial charge in [-0.25, -0.2) is 0 Å². The van der Waals surface area contributed by atoms with Crippen molar-refractivity contribution in [1.82, 2.24) is 9.80 Å². The lowest BCUT2D eigenvalue weighted by Gasteiger charge is -2.29. The lowest BCUT2D eigenvalue weighted by Crippen LogP contribution is -2.39. The molecule has 1 N–H and O–H groups in total. The number of nitrogens with zero attached hydrogens (tertiary/aromatic N) is 2. The van der Waals surface area contributed by atoms with E-state index in [0.29, 0.717) is 6.04 Å². The second-order valence-corrected chi connectivity index (χ2v) is 5.86. The first-order valence-corrected chi connectivity index (χ1v) is 7.49. The Morgan fingerprint density at radius 1 is 1.11 bits per heavy atom. The van der Waals surface area contributed by atoms with Crippen LogP contribution in [0.15, 0.2) is 30.3 Å². The molecule has 1 aromatic carbocycles. The molecule has 1 saturated carbocycles. The highest BCUT2D eigenvalue weighted by molar-refractivity contribution is 5.15. The second-order valence-electron chi connectivity index (χ2n) is 5.86. The van der Waals surface area contributed by atoms with Gasteiger partial charge in [-0.15, -0.1) is 0 Å². The first kappa shape index (κ1) is 13.1. The van der Waals surface area contributed by atoms with Gasteiger partial charge < -0.3 is 5.11 Å². The number of benzene rings is 1. The molecule has 2 fully saturated rings. The van der Waals surface area contributed by atoms with Crippen molar-refractivity contribution in [1.29, 1.82) is 0 Å². The zero-order valence-corrected chi connectivity index (χ0v) is 11.5. The standard InChI is InChI=1S/C16H24N2O/c19-11-10-17-9-8-16(13-17)18(15-6-7-15)12-14-4-2-1-3-5-14/h1-5,15-16,19H,6-13H2. The molecule has 1 saturated heterocycles. The summed E-state index contributed by atoms with van der Waals surface area (Å²) in [5, 5.41) is 9.05. The summed E-state index contributed by atoms with van der Waals surface area (Å²) < 4.78 is 0. The predicted octanol–water partition coefficient (Wildman–Crippen LogP) is 1.72. The molecular weight excluding hydrogens is 236 g/mol. The normalized spacial score (nSPS) is 24.2. The van der Waals surface area contributed by atoms with Gasteiger partial charge in [0.1, 0.15) is 0 Å². The average Bonchev–Trinajstić information content (AvgIpc) is 3.18. The summed E-state index contributed by atoms with van der Waals surface area (Å²) in [5.74, 6) is 0. The van der Waals surface area contributed by atoms with Gasteiger partial charge in [0, 0.05) is 31.7 Å². The van der Waals surface area contributed by atoms with Crippen LogP contribution in [0.1, 0.15) is 24.8 Å². The smallest absolute Gasteiger partial charge is 0.0558 e. The van der Waals surface area contributed by atoms with E-state index >= 15 is 0 Å². The van der Waals surface area contributed by atoms with Gasteiger partial charge in [0.2, 0.25) is 0 Å². The number of rotatable bonds is 6. The van der Waals surface area contributed by atoms with Crippen LogP contribution in [0.2, 0.25) is 0 Å². The van der Waals surface area contributed by atoms with Crippen LogP contribution < -0.4 is 0 Å². The molecule has 2 aliphatic rings. The molecule has 3 rings (SSSR count). The summed E-state index contributed by atoms with van der Waals surface area (Å²) in [5.41, 5.74) is 1.43. The van der Waals surface area contributed by atoms with Crippen LogP contribution in [0.25, 0.3) is 0 Å². The molecule has 19 heavy (non-hydrogen) atoms. The summed E-state index contributed by atoms with van der Waals surface area (Å²) in [6.45, 7) is 4.48. The van der Waals surface area contributed by atoms with Crippen LogP contribution in [-0.4, -0.2) is 53.2 Å². The predicted molar refractivity (Wildman–Crippen MR) is 76.9 cm³/mol. The van der Waals surface area contributed by atoms with Crippen molar-refractivity contribution in [3.05, 3.63) is 35.9 Å². The van der Waals surface area contributed by atoms with Crippen molar-refractivity contribution in [2.45, 2.75) is 37.9 Å². The maximum Gasteiger partial charge on any atom is 0.0558 e. The van der Waals surface area contributed by atoms with E-state index in [0.717, 1.165) is 32.2 Å². The molecule has 3 heteroatoms. The van der Waals surface area contributed by atoms with E-state index in [2.05, 4.69) is 40.1 Å². The monoisotopic (exact) mass is 260 g/mol. The molecule has 1 aliphatic carbocycles. The fourth-order valence-corrected chi connectivity index (χ4v) is 3.18. The number of β-amino-alcohol motifs (C(OH)–C–C–N with tert-alkyl or cyclic N) is 1. The Labute approximate surface area is 115 Å². The molecule has 0 bridgehead atoms. The Morgan fingerprint density at radius 3 is 2.58 bits per heavy atom. The van der Waals surface area contributed by atoms with Gasteiger partial charge in [-0.05, 0) is 31.4 Å². The molecule has 1 unspecified atom stereocenters. The van der Waals surface area contributed by atoms with Gasteiger partial charge in [0.05, 0.1) is 6.61 Å². The van der Waals surface area contributed by atoms with Crippen LogP contribution in [0.3, 0.4) is 0 Å². The quantitative estimate of drug-likeness (QED) is 0.843. The average molecular weight is 260 g/mol. The largest absolute Gasteiger partial charge is 0.395 e. The SMILES string of the molecule is OCCN1CCC(N(Cc2ccccc2)C2CC2)C1. The van der Waals surface area contributed by atoms with Gasteiger partial charge in [0.15, 0.2) is 0 Å². The van der Waals surface area contributed by atoms with E-state index in [1.807, 2.05) is 0 Å². The van der Waals surface area contributed by atoms with Gasteiger partial charge in [-0.2, -0.15) is 0 Å². The van der Waals surface area contributed by atoms with Crippen molar-refractivity contribution in [2.75, 3.05) is 26.2 Å². The third kappa shape index (κ3) is 3.35. The zero-order chi connectivity index (χ0) is 13.1. The molecular formula is C16H24N2O. The highest BCUT2D eigenvalue weighted by Gasteiger charge is 2.36. The van der Waals surface area contributed by atoms with Crippen LogP contribution in [0.4, 0.5) is 0 Å². The Bertz CT molecular complexity index is 391. The van der Waals surface area contributed by atoms with Gasteiger partial charge in [-0.3, -0.25) is 9.80 Å². The summed E-state index contributed by atoms with van der Waals surface area (Å²) in [6, 6.07) is 12.3. The first-order valence-electron chi connectivity index (χ1n) is 7.49. The number of hydrogen-bond acceptors (Lipinski definition) is 3. The Hall–Kier alpha value is -0.900. The number of likely N-dealkylation sites (tertiary alicyclic amines) is 1. The molecule has 1 aliphatic heterocycles. The highest BCUT2D eigenvalue weighted by atomic mass is 16.3. The van der Waals surface area contributed by atoms with Gasteiger partial charge in [-0.1, -0.05) is 30.3 Å². The Morgan fingerprint density at radius 2 is 1.89 bits per heavy atom. The number of hydrogen-bond donors (Lipinski definition) is 1. The molecule has 1 atom stereocenters. The highest BCUT2D eigenvalue weighted by Crippen LogP contribution is 2.32. The number of aliphatic hydroxyl groups is 1. The molecule has 0 amide bonds. The Balaban J connectivity index is 1.62. The molecule has 3 nitrogen and oxygen atoms in total. The lowest BCUT2D eigenvalue weighted by atomic mass is 10.1. The summed E-state index contributed by atoms with van der Waals surface area (Å²) in [7, 11) is 0. The van der Waals surface area contributed by atoms with E-state index in [-0.39, 0.29) is 6.61 Å². The van der Waals surface area contributed by atoms with Crippen molar-refractivity contribution < 1.29 is 5.11 Å². The minimum absolute atomic E-state index is 0.287. The van der Waals surface area contributed by atoms with Gasteiger partial charge in [0.25, 0.3) is 0 Å². The lowest BCUT2D eigenvalue weighted by molar-refractivity contribution is 0.165. The van der Waals surface area contributed by atoms with Crippen LogP contribution in [0.5, 0.6) is 0 Å². The summed E-state index contributed by atoms with van der Waals surface area (Å²) >= 11 is 0. The van der Waals surface area contributed by atoms with Crippen molar-refractivity contribution in [3.8, 4) is 0 Å². The summed E-state index contributed by atoms with van der Waals surface area (Å²) in [4.78, 5) is 5.09. The van der Waals surface area contributed by atoms with E-state index in [9.17, 15) is 0 Å². The zero-order valence-electron chi connectivity index (χ0n) is 11.5. The molecule has 0 aromatic heterocycles. The van der Waals surface area contributed by atoms with Crippen LogP contribution in [0, 0.1) is 0 Å². The molecule has 0 radical (unpaired) electrons. The van der Waals surface area contributed by atoms with Crippen molar-refractivity contribution >= 4 is 0 Å². The Kier molecular flexibility index (Phi) is 4.16. The van der Waals surface area contributed by atoms with Crippen LogP contribution in [-0.2, 0) is 6.54 Å². The molecule has 1 heterocycles. The van der Waals surface area contributed by atoms with E-state index in [1.165, 1.54) is 24.8 Å². The second kappa shape index (κ2) is 6.04. The van der Waals surface area contributed by atoms with E-state index < -0.39 is 0 Å². The number of aliphatic hydroxyl groups excluding tert-OH is 1. The minimum atomic E-state index is 0.287. The third-order valence-electron chi connectivity index (χ3n) is 4.36. The van der Waals surface area contributed by atoms with Crippen LogP contribution >= 0.6 is 0 Å². The third-order valence-corrected chi connectivity index (χ3v) is 4.36. The van der Waals surface area contributed by atoms with Crippen molar-refractivity contribution in [3.63, 3.8) is 0 Å². The molecule has 104 valence electrons. The minimum Gasteiger partial charge on any atom is -0.395 e. The fourth-order valence-electron chi connectivity index (χ4n) is 3.18. The maximum atomic E-state index is 9.05. The fraction of sp³-hybridized carbons (Fsp3) is 0.625. The topological polar surface area (TPSA) is 26.7 Å². The first-order chi connectivity index (χ1) is 9.36.